The van der Waals surface area contributed by atoms with Crippen LogP contribution in [-0.2, 0) is 4.79 Å². The summed E-state index contributed by atoms with van der Waals surface area (Å²) in [7, 11) is 1.76. The molecule has 28 heavy (non-hydrogen) atoms. The van der Waals surface area contributed by atoms with Crippen LogP contribution >= 0.6 is 0 Å². The molecule has 8 nitrogen and oxygen atoms in total. The molecule has 148 valence electrons. The van der Waals surface area contributed by atoms with Crippen molar-refractivity contribution in [3.8, 4) is 5.75 Å². The maximum absolute atomic E-state index is 12.4. The fraction of sp³-hybridized carbons (Fsp3) is 0.450. The summed E-state index contributed by atoms with van der Waals surface area (Å²) in [6, 6.07) is 1.76. The van der Waals surface area contributed by atoms with Crippen molar-refractivity contribution in [2.75, 3.05) is 38.2 Å². The van der Waals surface area contributed by atoms with E-state index in [-0.39, 0.29) is 23.9 Å². The summed E-state index contributed by atoms with van der Waals surface area (Å²) in [6.45, 7) is 6.29. The number of allylic oxidation sites excluding steroid dienone is 1. The molecule has 0 spiro atoms. The largest absolute Gasteiger partial charge is 0.488 e. The van der Waals surface area contributed by atoms with E-state index in [1.54, 1.807) is 29.1 Å². The van der Waals surface area contributed by atoms with Gasteiger partial charge in [-0.1, -0.05) is 6.92 Å². The fourth-order valence-electron chi connectivity index (χ4n) is 3.57. The standard InChI is InChI=1S/C20H25N5O3/c1-4-23(3)20(27)14-9-16-18(22-12-14)24(7-8-28-16)15-5-6-25-17(10-15)21-11-13(2)19(25)26/h5-6,9-10,12-13,17,21H,4,7-8,11H2,1-3H3. The molecule has 0 bridgehead atoms. The van der Waals surface area contributed by atoms with Crippen molar-refractivity contribution in [2.24, 2.45) is 5.92 Å². The quantitative estimate of drug-likeness (QED) is 0.845. The Morgan fingerprint density at radius 3 is 3.07 bits per heavy atom. The number of hydrogen-bond acceptors (Lipinski definition) is 6. The maximum atomic E-state index is 12.4. The lowest BCUT2D eigenvalue weighted by Gasteiger charge is -2.40. The van der Waals surface area contributed by atoms with E-state index in [0.717, 1.165) is 5.70 Å². The normalized spacial score (nSPS) is 23.5. The molecule has 1 fully saturated rings. The highest BCUT2D eigenvalue weighted by Gasteiger charge is 2.33. The summed E-state index contributed by atoms with van der Waals surface area (Å²) in [5.74, 6) is 1.30. The molecule has 3 aliphatic rings. The molecule has 1 N–H and O–H groups in total. The number of pyridine rings is 1. The molecule has 4 heterocycles. The number of aromatic nitrogens is 1. The van der Waals surface area contributed by atoms with Gasteiger partial charge in [0.15, 0.2) is 11.6 Å². The van der Waals surface area contributed by atoms with Gasteiger partial charge in [-0.25, -0.2) is 4.98 Å². The summed E-state index contributed by atoms with van der Waals surface area (Å²) in [5.41, 5.74) is 1.47. The Bertz CT molecular complexity index is 865. The van der Waals surface area contributed by atoms with Gasteiger partial charge in [0.2, 0.25) is 5.91 Å². The highest BCUT2D eigenvalue weighted by atomic mass is 16.5. The molecular weight excluding hydrogens is 358 g/mol. The third-order valence-corrected chi connectivity index (χ3v) is 5.38. The molecule has 1 aromatic heterocycles. The number of anilines is 1. The summed E-state index contributed by atoms with van der Waals surface area (Å²) in [6.07, 6.45) is 7.22. The summed E-state index contributed by atoms with van der Waals surface area (Å²) in [4.78, 5) is 34.7. The van der Waals surface area contributed by atoms with E-state index in [4.69, 9.17) is 4.74 Å². The van der Waals surface area contributed by atoms with Crippen LogP contribution in [0.15, 0.2) is 36.3 Å². The van der Waals surface area contributed by atoms with E-state index >= 15 is 0 Å². The second-order valence-electron chi connectivity index (χ2n) is 7.27. The van der Waals surface area contributed by atoms with E-state index in [1.165, 1.54) is 0 Å². The minimum Gasteiger partial charge on any atom is -0.488 e. The van der Waals surface area contributed by atoms with Crippen molar-refractivity contribution < 1.29 is 14.3 Å². The van der Waals surface area contributed by atoms with Crippen LogP contribution in [-0.4, -0.2) is 66.1 Å². The number of rotatable bonds is 3. The Labute approximate surface area is 164 Å². The Morgan fingerprint density at radius 1 is 1.46 bits per heavy atom. The van der Waals surface area contributed by atoms with Crippen molar-refractivity contribution in [1.82, 2.24) is 20.1 Å². The van der Waals surface area contributed by atoms with E-state index in [1.807, 2.05) is 32.2 Å². The van der Waals surface area contributed by atoms with Crippen molar-refractivity contribution in [2.45, 2.75) is 20.0 Å². The first-order valence-electron chi connectivity index (χ1n) is 9.61. The highest BCUT2D eigenvalue weighted by molar-refractivity contribution is 5.94. The smallest absolute Gasteiger partial charge is 0.255 e. The van der Waals surface area contributed by atoms with Gasteiger partial charge in [0.1, 0.15) is 12.8 Å². The zero-order valence-electron chi connectivity index (χ0n) is 16.4. The van der Waals surface area contributed by atoms with Crippen LogP contribution in [0.25, 0.3) is 0 Å². The highest BCUT2D eigenvalue weighted by Crippen LogP contribution is 2.34. The summed E-state index contributed by atoms with van der Waals surface area (Å²) in [5, 5.41) is 3.39. The molecule has 0 radical (unpaired) electrons. The third-order valence-electron chi connectivity index (χ3n) is 5.38. The average Bonchev–Trinajstić information content (AvgIpc) is 2.74. The molecular formula is C20H25N5O3. The van der Waals surface area contributed by atoms with E-state index in [0.29, 0.717) is 43.4 Å². The van der Waals surface area contributed by atoms with E-state index in [2.05, 4.69) is 15.2 Å². The number of hydrogen-bond donors (Lipinski definition) is 1. The zero-order valence-corrected chi connectivity index (χ0v) is 16.4. The number of fused-ring (bicyclic) bond motifs is 2. The monoisotopic (exact) mass is 383 g/mol. The Hall–Kier alpha value is -2.87. The number of nitrogens with one attached hydrogen (secondary N) is 1. The molecule has 3 aliphatic heterocycles. The lowest BCUT2D eigenvalue weighted by Crippen LogP contribution is -2.56. The molecule has 0 aromatic carbocycles. The van der Waals surface area contributed by atoms with Crippen molar-refractivity contribution in [3.05, 3.63) is 41.9 Å². The number of carbonyl (C=O) groups excluding carboxylic acids is 2. The Kier molecular flexibility index (Phi) is 4.80. The van der Waals surface area contributed by atoms with Gasteiger partial charge in [0, 0.05) is 44.1 Å². The number of amides is 2. The zero-order chi connectivity index (χ0) is 19.8. The van der Waals surface area contributed by atoms with Crippen LogP contribution in [0, 0.1) is 5.92 Å². The fourth-order valence-corrected chi connectivity index (χ4v) is 3.57. The van der Waals surface area contributed by atoms with Crippen LogP contribution in [0.1, 0.15) is 24.2 Å². The summed E-state index contributed by atoms with van der Waals surface area (Å²) >= 11 is 0. The second kappa shape index (κ2) is 7.27. The van der Waals surface area contributed by atoms with Gasteiger partial charge in [-0.05, 0) is 25.1 Å². The predicted molar refractivity (Wildman–Crippen MR) is 105 cm³/mol. The maximum Gasteiger partial charge on any atom is 0.255 e. The number of carbonyl (C=O) groups is 2. The molecule has 4 rings (SSSR count). The van der Waals surface area contributed by atoms with Gasteiger partial charge in [0.05, 0.1) is 12.1 Å². The van der Waals surface area contributed by atoms with Crippen molar-refractivity contribution >= 4 is 17.6 Å². The van der Waals surface area contributed by atoms with Crippen molar-refractivity contribution in [1.29, 1.82) is 0 Å². The third kappa shape index (κ3) is 3.13. The Balaban J connectivity index is 1.60. The van der Waals surface area contributed by atoms with Gasteiger partial charge >= 0.3 is 0 Å². The van der Waals surface area contributed by atoms with Gasteiger partial charge < -0.3 is 14.5 Å². The first-order chi connectivity index (χ1) is 13.5. The van der Waals surface area contributed by atoms with Gasteiger partial charge in [-0.2, -0.15) is 0 Å². The lowest BCUT2D eigenvalue weighted by molar-refractivity contribution is -0.136. The topological polar surface area (TPSA) is 78.0 Å². The van der Waals surface area contributed by atoms with E-state index in [9.17, 15) is 9.59 Å². The molecule has 0 saturated carbocycles. The summed E-state index contributed by atoms with van der Waals surface area (Å²) < 4.78 is 5.78. The molecule has 2 unspecified atom stereocenters. The SMILES string of the molecule is CCN(C)C(=O)c1cnc2c(c1)OCCN2C1=CC2NCC(C)C(=O)N2C=C1. The minimum atomic E-state index is -0.158. The van der Waals surface area contributed by atoms with Crippen LogP contribution in [0.3, 0.4) is 0 Å². The number of ether oxygens (including phenoxy) is 1. The minimum absolute atomic E-state index is 0.0289. The first kappa shape index (κ1) is 18.5. The van der Waals surface area contributed by atoms with Gasteiger partial charge in [-0.15, -0.1) is 0 Å². The molecule has 1 aromatic rings. The van der Waals surface area contributed by atoms with Gasteiger partial charge in [0.25, 0.3) is 5.91 Å². The predicted octanol–water partition coefficient (Wildman–Crippen LogP) is 1.18. The van der Waals surface area contributed by atoms with E-state index < -0.39 is 0 Å². The van der Waals surface area contributed by atoms with Gasteiger partial charge in [-0.3, -0.25) is 19.8 Å². The van der Waals surface area contributed by atoms with Crippen LogP contribution in [0.4, 0.5) is 5.82 Å². The molecule has 2 amide bonds. The number of nitrogens with zero attached hydrogens (tertiary/aromatic N) is 4. The van der Waals surface area contributed by atoms with Crippen LogP contribution in [0.5, 0.6) is 5.75 Å². The molecule has 1 saturated heterocycles. The first-order valence-corrected chi connectivity index (χ1v) is 9.61. The van der Waals surface area contributed by atoms with Crippen molar-refractivity contribution in [3.63, 3.8) is 0 Å². The molecule has 8 heteroatoms. The van der Waals surface area contributed by atoms with Crippen LogP contribution in [0.2, 0.25) is 0 Å². The Morgan fingerprint density at radius 2 is 2.29 bits per heavy atom. The second-order valence-corrected chi connectivity index (χ2v) is 7.27. The lowest BCUT2D eigenvalue weighted by atomic mass is 10.0. The average molecular weight is 383 g/mol. The molecule has 2 atom stereocenters. The molecule has 0 aliphatic carbocycles. The van der Waals surface area contributed by atoms with Crippen LogP contribution < -0.4 is 15.0 Å².